The molecule has 0 atom stereocenters. The number of carbonyl (C=O) groups is 2. The topological polar surface area (TPSA) is 58.2 Å². The lowest BCUT2D eigenvalue weighted by Crippen LogP contribution is -2.31. The number of halogens is 1. The van der Waals surface area contributed by atoms with Crippen molar-refractivity contribution in [1.82, 2.24) is 5.32 Å². The molecule has 4 nitrogen and oxygen atoms in total. The first-order valence-corrected chi connectivity index (χ1v) is 8.47. The summed E-state index contributed by atoms with van der Waals surface area (Å²) in [6.07, 6.45) is 4.13. The molecule has 0 spiro atoms. The number of nitrogens with one attached hydrogen (secondary N) is 2. The fourth-order valence-electron chi connectivity index (χ4n) is 2.02. The lowest BCUT2D eigenvalue weighted by atomic mass is 10.1. The quantitative estimate of drug-likeness (QED) is 0.742. The first-order valence-electron chi connectivity index (χ1n) is 7.67. The summed E-state index contributed by atoms with van der Waals surface area (Å²) < 4.78 is 0.792. The molecule has 0 unspecified atom stereocenters. The third-order valence-corrected chi connectivity index (χ3v) is 4.08. The Kier molecular flexibility index (Phi) is 6.75. The van der Waals surface area contributed by atoms with Crippen LogP contribution in [0, 0.1) is 0 Å². The van der Waals surface area contributed by atoms with Crippen LogP contribution in [0.15, 0.2) is 59.1 Å². The van der Waals surface area contributed by atoms with Crippen molar-refractivity contribution >= 4 is 39.5 Å². The fraction of sp³-hybridized carbons (Fsp3) is 0.158. The molecule has 2 aromatic rings. The molecule has 0 saturated heterocycles. The standard InChI is InChI=1S/C19H19BrN2O2/c1-2-14-7-9-15(10-8-14)11-12-18(23)21-13-19(24)22-17-6-4-3-5-16(17)20/h3-12H,2,13H2,1H3,(H,21,23)(H,22,24)/b12-11+. The summed E-state index contributed by atoms with van der Waals surface area (Å²) in [5, 5.41) is 5.29. The Balaban J connectivity index is 1.80. The molecule has 0 fully saturated rings. The van der Waals surface area contributed by atoms with Crippen LogP contribution in [0.1, 0.15) is 18.1 Å². The summed E-state index contributed by atoms with van der Waals surface area (Å²) in [5.74, 6) is -0.590. The zero-order valence-electron chi connectivity index (χ0n) is 13.4. The molecular formula is C19H19BrN2O2. The van der Waals surface area contributed by atoms with E-state index in [2.05, 4.69) is 33.5 Å². The van der Waals surface area contributed by atoms with Crippen LogP contribution in [-0.4, -0.2) is 18.4 Å². The summed E-state index contributed by atoms with van der Waals surface area (Å²) in [5.41, 5.74) is 2.86. The van der Waals surface area contributed by atoms with Gasteiger partial charge in [0.25, 0.3) is 0 Å². The van der Waals surface area contributed by atoms with Crippen molar-refractivity contribution in [3.63, 3.8) is 0 Å². The summed E-state index contributed by atoms with van der Waals surface area (Å²) in [6.45, 7) is 2.01. The van der Waals surface area contributed by atoms with E-state index < -0.39 is 0 Å². The Labute approximate surface area is 150 Å². The Morgan fingerprint density at radius 1 is 1.08 bits per heavy atom. The van der Waals surface area contributed by atoms with Gasteiger partial charge in [-0.05, 0) is 51.7 Å². The molecule has 2 aromatic carbocycles. The van der Waals surface area contributed by atoms with Crippen molar-refractivity contribution in [3.05, 3.63) is 70.2 Å². The molecule has 0 heterocycles. The number of amides is 2. The van der Waals surface area contributed by atoms with Gasteiger partial charge in [0.2, 0.25) is 11.8 Å². The van der Waals surface area contributed by atoms with Gasteiger partial charge in [0.15, 0.2) is 0 Å². The summed E-state index contributed by atoms with van der Waals surface area (Å²) in [6, 6.07) is 15.3. The Morgan fingerprint density at radius 3 is 2.46 bits per heavy atom. The van der Waals surface area contributed by atoms with Crippen molar-refractivity contribution in [3.8, 4) is 0 Å². The maximum absolute atomic E-state index is 11.8. The van der Waals surface area contributed by atoms with E-state index in [-0.39, 0.29) is 18.4 Å². The van der Waals surface area contributed by atoms with Crippen molar-refractivity contribution in [2.24, 2.45) is 0 Å². The Hall–Kier alpha value is -2.40. The largest absolute Gasteiger partial charge is 0.343 e. The van der Waals surface area contributed by atoms with Crippen molar-refractivity contribution in [2.45, 2.75) is 13.3 Å². The van der Waals surface area contributed by atoms with Crippen LogP contribution in [0.3, 0.4) is 0 Å². The van der Waals surface area contributed by atoms with Crippen LogP contribution in [0.25, 0.3) is 6.08 Å². The molecule has 2 N–H and O–H groups in total. The highest BCUT2D eigenvalue weighted by atomic mass is 79.9. The highest BCUT2D eigenvalue weighted by Gasteiger charge is 2.05. The summed E-state index contributed by atoms with van der Waals surface area (Å²) >= 11 is 3.35. The van der Waals surface area contributed by atoms with Crippen LogP contribution < -0.4 is 10.6 Å². The van der Waals surface area contributed by atoms with E-state index in [9.17, 15) is 9.59 Å². The number of aryl methyl sites for hydroxylation is 1. The Morgan fingerprint density at radius 2 is 1.79 bits per heavy atom. The number of para-hydroxylation sites is 1. The highest BCUT2D eigenvalue weighted by molar-refractivity contribution is 9.10. The smallest absolute Gasteiger partial charge is 0.244 e. The van der Waals surface area contributed by atoms with Gasteiger partial charge in [-0.3, -0.25) is 9.59 Å². The van der Waals surface area contributed by atoms with Gasteiger partial charge in [0, 0.05) is 10.5 Å². The molecule has 0 aliphatic carbocycles. The molecule has 0 aliphatic heterocycles. The first-order chi connectivity index (χ1) is 11.6. The van der Waals surface area contributed by atoms with E-state index >= 15 is 0 Å². The maximum atomic E-state index is 11.8. The number of hydrogen-bond donors (Lipinski definition) is 2. The number of benzene rings is 2. The zero-order valence-corrected chi connectivity index (χ0v) is 15.0. The fourth-order valence-corrected chi connectivity index (χ4v) is 2.40. The second-order valence-electron chi connectivity index (χ2n) is 5.17. The monoisotopic (exact) mass is 386 g/mol. The van der Waals surface area contributed by atoms with Crippen LogP contribution in [0.5, 0.6) is 0 Å². The molecule has 24 heavy (non-hydrogen) atoms. The normalized spacial score (nSPS) is 10.6. The van der Waals surface area contributed by atoms with Crippen molar-refractivity contribution in [1.29, 1.82) is 0 Å². The van der Waals surface area contributed by atoms with Crippen molar-refractivity contribution in [2.75, 3.05) is 11.9 Å². The third-order valence-electron chi connectivity index (χ3n) is 3.39. The van der Waals surface area contributed by atoms with E-state index in [1.54, 1.807) is 12.1 Å². The molecule has 124 valence electrons. The molecular weight excluding hydrogens is 368 g/mol. The van der Waals surface area contributed by atoms with Gasteiger partial charge in [0.1, 0.15) is 0 Å². The molecule has 0 aliphatic rings. The molecule has 0 saturated carbocycles. The minimum Gasteiger partial charge on any atom is -0.343 e. The van der Waals surface area contributed by atoms with E-state index in [4.69, 9.17) is 0 Å². The molecule has 2 rings (SSSR count). The molecule has 5 heteroatoms. The molecule has 0 bridgehead atoms. The Bertz CT molecular complexity index is 739. The van der Waals surface area contributed by atoms with Crippen molar-refractivity contribution < 1.29 is 9.59 Å². The van der Waals surface area contributed by atoms with Gasteiger partial charge in [0.05, 0.1) is 12.2 Å². The number of rotatable bonds is 6. The average Bonchev–Trinajstić information content (AvgIpc) is 2.60. The van der Waals surface area contributed by atoms with E-state index in [0.717, 1.165) is 16.5 Å². The van der Waals surface area contributed by atoms with Gasteiger partial charge in [-0.25, -0.2) is 0 Å². The van der Waals surface area contributed by atoms with Gasteiger partial charge < -0.3 is 10.6 Å². The van der Waals surface area contributed by atoms with Crippen LogP contribution in [-0.2, 0) is 16.0 Å². The van der Waals surface area contributed by atoms with Gasteiger partial charge >= 0.3 is 0 Å². The van der Waals surface area contributed by atoms with Gasteiger partial charge in [-0.1, -0.05) is 43.3 Å². The minimum absolute atomic E-state index is 0.0840. The predicted octanol–water partition coefficient (Wildman–Crippen LogP) is 3.78. The second-order valence-corrected chi connectivity index (χ2v) is 6.03. The van der Waals surface area contributed by atoms with Gasteiger partial charge in [-0.15, -0.1) is 0 Å². The number of carbonyl (C=O) groups excluding carboxylic acids is 2. The zero-order chi connectivity index (χ0) is 17.4. The first kappa shape index (κ1) is 17.9. The maximum Gasteiger partial charge on any atom is 0.244 e. The van der Waals surface area contributed by atoms with Crippen LogP contribution in [0.4, 0.5) is 5.69 Å². The molecule has 0 aromatic heterocycles. The summed E-state index contributed by atoms with van der Waals surface area (Å²) in [7, 11) is 0. The lowest BCUT2D eigenvalue weighted by molar-refractivity contribution is -0.121. The average molecular weight is 387 g/mol. The third kappa shape index (κ3) is 5.66. The lowest BCUT2D eigenvalue weighted by Gasteiger charge is -2.07. The van der Waals surface area contributed by atoms with E-state index in [0.29, 0.717) is 5.69 Å². The number of anilines is 1. The number of hydrogen-bond acceptors (Lipinski definition) is 2. The summed E-state index contributed by atoms with van der Waals surface area (Å²) in [4.78, 5) is 23.6. The van der Waals surface area contributed by atoms with E-state index in [1.807, 2.05) is 42.5 Å². The van der Waals surface area contributed by atoms with Gasteiger partial charge in [-0.2, -0.15) is 0 Å². The molecule has 0 radical (unpaired) electrons. The SMILES string of the molecule is CCc1ccc(/C=C/C(=O)NCC(=O)Nc2ccccc2Br)cc1. The predicted molar refractivity (Wildman–Crippen MR) is 101 cm³/mol. The van der Waals surface area contributed by atoms with E-state index in [1.165, 1.54) is 11.6 Å². The van der Waals surface area contributed by atoms with Crippen LogP contribution >= 0.6 is 15.9 Å². The second kappa shape index (κ2) is 9.03. The molecule has 2 amide bonds. The minimum atomic E-state index is -0.308. The van der Waals surface area contributed by atoms with Crippen LogP contribution in [0.2, 0.25) is 0 Å². The highest BCUT2D eigenvalue weighted by Crippen LogP contribution is 2.20.